The van der Waals surface area contributed by atoms with Crippen LogP contribution in [0.2, 0.25) is 0 Å². The fraction of sp³-hybridized carbons (Fsp3) is 0.286. The van der Waals surface area contributed by atoms with E-state index in [0.29, 0.717) is 0 Å². The molecule has 2 aromatic rings. The van der Waals surface area contributed by atoms with Crippen molar-refractivity contribution in [2.75, 3.05) is 20.0 Å². The molecule has 2 N–H and O–H groups in total. The fourth-order valence-corrected chi connectivity index (χ4v) is 2.84. The number of nitrogens with two attached hydrogens (primary N) is 1. The van der Waals surface area contributed by atoms with Crippen molar-refractivity contribution in [1.82, 2.24) is 0 Å². The highest BCUT2D eigenvalue weighted by Crippen LogP contribution is 2.40. The number of benzene rings is 1. The molecule has 2 rings (SSSR count). The van der Waals surface area contributed by atoms with Gasteiger partial charge in [-0.15, -0.1) is 11.3 Å². The molecule has 1 aromatic heterocycles. The van der Waals surface area contributed by atoms with Crippen LogP contribution >= 0.6 is 11.3 Å². The maximum atomic E-state index is 5.86. The van der Waals surface area contributed by atoms with Crippen LogP contribution in [-0.2, 0) is 0 Å². The van der Waals surface area contributed by atoms with Crippen molar-refractivity contribution in [2.24, 2.45) is 0 Å². The Hall–Kier alpha value is -1.68. The van der Waals surface area contributed by atoms with Gasteiger partial charge in [0.05, 0.1) is 19.2 Å². The molecule has 0 aliphatic rings. The molecule has 96 valence electrons. The molecule has 0 saturated heterocycles. The van der Waals surface area contributed by atoms with E-state index in [1.54, 1.807) is 25.6 Å². The Morgan fingerprint density at radius 1 is 0.944 bits per heavy atom. The number of nitrogen functional groups attached to an aromatic ring is 1. The second kappa shape index (κ2) is 4.90. The van der Waals surface area contributed by atoms with Crippen LogP contribution in [0.1, 0.15) is 10.4 Å². The van der Waals surface area contributed by atoms with E-state index in [2.05, 4.69) is 6.92 Å². The molecule has 0 spiro atoms. The van der Waals surface area contributed by atoms with Crippen LogP contribution in [0.3, 0.4) is 0 Å². The van der Waals surface area contributed by atoms with Crippen molar-refractivity contribution in [3.05, 3.63) is 28.6 Å². The first kappa shape index (κ1) is 12.8. The summed E-state index contributed by atoms with van der Waals surface area (Å²) in [6, 6.07) is 5.97. The molecule has 1 aromatic carbocycles. The number of aryl methyl sites for hydroxylation is 2. The van der Waals surface area contributed by atoms with Gasteiger partial charge in [-0.2, -0.15) is 0 Å². The van der Waals surface area contributed by atoms with Gasteiger partial charge in [0.25, 0.3) is 0 Å². The van der Waals surface area contributed by atoms with Crippen LogP contribution in [-0.4, -0.2) is 14.2 Å². The van der Waals surface area contributed by atoms with E-state index < -0.39 is 0 Å². The van der Waals surface area contributed by atoms with Gasteiger partial charge < -0.3 is 15.2 Å². The number of anilines is 1. The lowest BCUT2D eigenvalue weighted by Crippen LogP contribution is -1.93. The minimum absolute atomic E-state index is 0.809. The summed E-state index contributed by atoms with van der Waals surface area (Å²) in [7, 11) is 3.35. The third kappa shape index (κ3) is 2.16. The molecule has 0 amide bonds. The predicted octanol–water partition coefficient (Wildman–Crippen LogP) is 3.63. The maximum absolute atomic E-state index is 5.86. The Labute approximate surface area is 111 Å². The number of thiophene rings is 1. The summed E-state index contributed by atoms with van der Waals surface area (Å²) in [5.74, 6) is 1.70. The van der Waals surface area contributed by atoms with Crippen LogP contribution in [0.4, 0.5) is 5.00 Å². The van der Waals surface area contributed by atoms with Crippen molar-refractivity contribution in [1.29, 1.82) is 0 Å². The molecule has 0 fully saturated rings. The van der Waals surface area contributed by atoms with Crippen molar-refractivity contribution < 1.29 is 9.47 Å². The first-order valence-corrected chi connectivity index (χ1v) is 6.47. The monoisotopic (exact) mass is 263 g/mol. The van der Waals surface area contributed by atoms with E-state index in [1.807, 2.05) is 25.1 Å². The molecule has 0 aliphatic carbocycles. The molecule has 0 unspecified atom stereocenters. The van der Waals surface area contributed by atoms with E-state index in [1.165, 1.54) is 4.88 Å². The summed E-state index contributed by atoms with van der Waals surface area (Å²) >= 11 is 1.58. The summed E-state index contributed by atoms with van der Waals surface area (Å²) in [6.07, 6.45) is 0. The highest BCUT2D eigenvalue weighted by Gasteiger charge is 2.14. The molecular weight excluding hydrogens is 246 g/mol. The molecule has 0 aliphatic heterocycles. The first-order chi connectivity index (χ1) is 8.56. The second-order valence-corrected chi connectivity index (χ2v) is 5.43. The average Bonchev–Trinajstić information content (AvgIpc) is 2.68. The largest absolute Gasteiger partial charge is 0.496 e. The zero-order valence-electron chi connectivity index (χ0n) is 11.0. The van der Waals surface area contributed by atoms with Crippen LogP contribution < -0.4 is 15.2 Å². The predicted molar refractivity (Wildman–Crippen MR) is 76.7 cm³/mol. The Morgan fingerprint density at radius 2 is 1.61 bits per heavy atom. The zero-order chi connectivity index (χ0) is 13.3. The quantitative estimate of drug-likeness (QED) is 0.919. The van der Waals surface area contributed by atoms with E-state index in [0.717, 1.165) is 33.2 Å². The lowest BCUT2D eigenvalue weighted by Gasteiger charge is -2.12. The number of ether oxygens (including phenoxy) is 2. The van der Waals surface area contributed by atoms with Crippen molar-refractivity contribution >= 4 is 16.3 Å². The van der Waals surface area contributed by atoms with Gasteiger partial charge in [0.15, 0.2) is 0 Å². The van der Waals surface area contributed by atoms with E-state index >= 15 is 0 Å². The molecule has 0 saturated carbocycles. The zero-order valence-corrected chi connectivity index (χ0v) is 11.9. The molecule has 4 heteroatoms. The SMILES string of the molecule is COc1cc(-c2cc(N)sc2C)c(OC)cc1C. The van der Waals surface area contributed by atoms with Crippen molar-refractivity contribution in [3.8, 4) is 22.6 Å². The minimum atomic E-state index is 0.809. The van der Waals surface area contributed by atoms with Crippen molar-refractivity contribution in [3.63, 3.8) is 0 Å². The van der Waals surface area contributed by atoms with Crippen LogP contribution in [0, 0.1) is 13.8 Å². The minimum Gasteiger partial charge on any atom is -0.496 e. The van der Waals surface area contributed by atoms with Crippen LogP contribution in [0.5, 0.6) is 11.5 Å². The summed E-state index contributed by atoms with van der Waals surface area (Å²) < 4.78 is 10.8. The van der Waals surface area contributed by atoms with E-state index in [9.17, 15) is 0 Å². The highest BCUT2D eigenvalue weighted by molar-refractivity contribution is 7.16. The fourth-order valence-electron chi connectivity index (χ4n) is 2.03. The van der Waals surface area contributed by atoms with E-state index in [4.69, 9.17) is 15.2 Å². The van der Waals surface area contributed by atoms with Gasteiger partial charge in [-0.3, -0.25) is 0 Å². The normalized spacial score (nSPS) is 10.4. The lowest BCUT2D eigenvalue weighted by atomic mass is 10.0. The smallest absolute Gasteiger partial charge is 0.127 e. The van der Waals surface area contributed by atoms with Gasteiger partial charge >= 0.3 is 0 Å². The molecule has 3 nitrogen and oxygen atoms in total. The summed E-state index contributed by atoms with van der Waals surface area (Å²) in [5, 5.41) is 0.809. The number of hydrogen-bond donors (Lipinski definition) is 1. The third-order valence-electron chi connectivity index (χ3n) is 2.94. The molecule has 0 atom stereocenters. The van der Waals surface area contributed by atoms with Gasteiger partial charge in [0.1, 0.15) is 11.5 Å². The van der Waals surface area contributed by atoms with Crippen molar-refractivity contribution in [2.45, 2.75) is 13.8 Å². The highest BCUT2D eigenvalue weighted by atomic mass is 32.1. The second-order valence-electron chi connectivity index (χ2n) is 4.14. The molecule has 1 heterocycles. The third-order valence-corrected chi connectivity index (χ3v) is 3.82. The Morgan fingerprint density at radius 3 is 2.11 bits per heavy atom. The first-order valence-electron chi connectivity index (χ1n) is 5.65. The summed E-state index contributed by atoms with van der Waals surface area (Å²) in [5.41, 5.74) is 9.03. The number of hydrogen-bond acceptors (Lipinski definition) is 4. The Balaban J connectivity index is 2.65. The summed E-state index contributed by atoms with van der Waals surface area (Å²) in [4.78, 5) is 1.18. The van der Waals surface area contributed by atoms with Crippen LogP contribution in [0.25, 0.3) is 11.1 Å². The Kier molecular flexibility index (Phi) is 3.48. The average molecular weight is 263 g/mol. The lowest BCUT2D eigenvalue weighted by molar-refractivity contribution is 0.402. The Bertz CT molecular complexity index is 575. The molecule has 0 radical (unpaired) electrons. The molecule has 18 heavy (non-hydrogen) atoms. The van der Waals surface area contributed by atoms with Crippen LogP contribution in [0.15, 0.2) is 18.2 Å². The van der Waals surface area contributed by atoms with Gasteiger partial charge in [-0.05, 0) is 37.6 Å². The van der Waals surface area contributed by atoms with E-state index in [-0.39, 0.29) is 0 Å². The van der Waals surface area contributed by atoms with Gasteiger partial charge in [0.2, 0.25) is 0 Å². The standard InChI is InChI=1S/C14H17NO2S/c1-8-5-13(17-4)11(6-12(8)16-3)10-7-14(15)18-9(10)2/h5-7H,15H2,1-4H3. The maximum Gasteiger partial charge on any atom is 0.127 e. The molecular formula is C14H17NO2S. The van der Waals surface area contributed by atoms with Gasteiger partial charge in [-0.1, -0.05) is 0 Å². The summed E-state index contributed by atoms with van der Waals surface area (Å²) in [6.45, 7) is 4.06. The number of methoxy groups -OCH3 is 2. The van der Waals surface area contributed by atoms with Gasteiger partial charge in [0, 0.05) is 16.0 Å². The van der Waals surface area contributed by atoms with Gasteiger partial charge in [-0.25, -0.2) is 0 Å². The molecule has 0 bridgehead atoms. The topological polar surface area (TPSA) is 44.5 Å². The number of rotatable bonds is 3.